The standard InChI is InChI=1S/C10H18N2OS/c1-4-9(5-13)12-8(3)10-7(2)11-6-14-10/h6,8-9,12-13H,4-5H2,1-3H3. The second-order valence-corrected chi connectivity index (χ2v) is 4.36. The Hall–Kier alpha value is -0.450. The van der Waals surface area contributed by atoms with Crippen molar-refractivity contribution < 1.29 is 5.11 Å². The summed E-state index contributed by atoms with van der Waals surface area (Å²) in [5.74, 6) is 0. The normalized spacial score (nSPS) is 15.4. The molecular formula is C10H18N2OS. The summed E-state index contributed by atoms with van der Waals surface area (Å²) >= 11 is 1.67. The smallest absolute Gasteiger partial charge is 0.0798 e. The lowest BCUT2D eigenvalue weighted by Gasteiger charge is -2.19. The van der Waals surface area contributed by atoms with E-state index in [-0.39, 0.29) is 18.7 Å². The van der Waals surface area contributed by atoms with E-state index < -0.39 is 0 Å². The zero-order chi connectivity index (χ0) is 10.6. The van der Waals surface area contributed by atoms with Gasteiger partial charge >= 0.3 is 0 Å². The van der Waals surface area contributed by atoms with Crippen LogP contribution in [0.4, 0.5) is 0 Å². The number of aryl methyl sites for hydroxylation is 1. The summed E-state index contributed by atoms with van der Waals surface area (Å²) in [6, 6.07) is 0.464. The molecule has 3 nitrogen and oxygen atoms in total. The highest BCUT2D eigenvalue weighted by Crippen LogP contribution is 2.21. The Kier molecular flexibility index (Phi) is 4.51. The van der Waals surface area contributed by atoms with Gasteiger partial charge in [0.25, 0.3) is 0 Å². The van der Waals surface area contributed by atoms with Crippen LogP contribution in [-0.4, -0.2) is 22.7 Å². The number of rotatable bonds is 5. The number of aliphatic hydroxyl groups excluding tert-OH is 1. The number of aromatic nitrogens is 1. The number of hydrogen-bond acceptors (Lipinski definition) is 4. The molecule has 0 spiro atoms. The van der Waals surface area contributed by atoms with Crippen molar-refractivity contribution in [1.82, 2.24) is 10.3 Å². The van der Waals surface area contributed by atoms with Gasteiger partial charge < -0.3 is 10.4 Å². The van der Waals surface area contributed by atoms with Gasteiger partial charge in [-0.05, 0) is 20.3 Å². The molecule has 4 heteroatoms. The molecule has 0 radical (unpaired) electrons. The predicted molar refractivity (Wildman–Crippen MR) is 59.6 cm³/mol. The maximum Gasteiger partial charge on any atom is 0.0798 e. The fourth-order valence-corrected chi connectivity index (χ4v) is 2.28. The average molecular weight is 214 g/mol. The lowest BCUT2D eigenvalue weighted by Crippen LogP contribution is -2.33. The summed E-state index contributed by atoms with van der Waals surface area (Å²) in [7, 11) is 0. The van der Waals surface area contributed by atoms with Crippen molar-refractivity contribution in [3.8, 4) is 0 Å². The first-order valence-corrected chi connectivity index (χ1v) is 5.83. The van der Waals surface area contributed by atoms with Crippen molar-refractivity contribution in [2.75, 3.05) is 6.61 Å². The Morgan fingerprint density at radius 1 is 1.64 bits per heavy atom. The van der Waals surface area contributed by atoms with Gasteiger partial charge in [-0.2, -0.15) is 0 Å². The zero-order valence-corrected chi connectivity index (χ0v) is 9.77. The monoisotopic (exact) mass is 214 g/mol. The van der Waals surface area contributed by atoms with Gasteiger partial charge in [0.2, 0.25) is 0 Å². The highest BCUT2D eigenvalue weighted by atomic mass is 32.1. The van der Waals surface area contributed by atoms with Crippen LogP contribution in [0.3, 0.4) is 0 Å². The fraction of sp³-hybridized carbons (Fsp3) is 0.700. The summed E-state index contributed by atoms with van der Waals surface area (Å²) in [6.45, 7) is 6.39. The SMILES string of the molecule is CCC(CO)NC(C)c1scnc1C. The van der Waals surface area contributed by atoms with E-state index in [1.165, 1.54) is 4.88 Å². The lowest BCUT2D eigenvalue weighted by molar-refractivity contribution is 0.230. The maximum absolute atomic E-state index is 9.07. The predicted octanol–water partition coefficient (Wildman–Crippen LogP) is 1.87. The molecule has 0 saturated heterocycles. The molecule has 0 amide bonds. The van der Waals surface area contributed by atoms with E-state index in [9.17, 15) is 0 Å². The minimum atomic E-state index is 0.187. The highest BCUT2D eigenvalue weighted by Gasteiger charge is 2.14. The average Bonchev–Trinajstić information content (AvgIpc) is 2.60. The molecule has 2 atom stereocenters. The molecule has 2 N–H and O–H groups in total. The minimum absolute atomic E-state index is 0.187. The van der Waals surface area contributed by atoms with Gasteiger partial charge in [-0.15, -0.1) is 11.3 Å². The molecule has 14 heavy (non-hydrogen) atoms. The Labute approximate surface area is 89.2 Å². The quantitative estimate of drug-likeness (QED) is 0.786. The largest absolute Gasteiger partial charge is 0.395 e. The summed E-state index contributed by atoms with van der Waals surface area (Å²) in [5.41, 5.74) is 2.95. The van der Waals surface area contributed by atoms with Crippen molar-refractivity contribution >= 4 is 11.3 Å². The van der Waals surface area contributed by atoms with Crippen LogP contribution in [0.25, 0.3) is 0 Å². The van der Waals surface area contributed by atoms with Gasteiger partial charge in [-0.1, -0.05) is 6.92 Å². The van der Waals surface area contributed by atoms with Crippen LogP contribution in [-0.2, 0) is 0 Å². The van der Waals surface area contributed by atoms with Crippen LogP contribution in [0.1, 0.15) is 36.9 Å². The molecule has 0 saturated carbocycles. The Balaban J connectivity index is 2.58. The van der Waals surface area contributed by atoms with Crippen LogP contribution in [0, 0.1) is 6.92 Å². The minimum Gasteiger partial charge on any atom is -0.395 e. The maximum atomic E-state index is 9.07. The van der Waals surface area contributed by atoms with Crippen molar-refractivity contribution in [3.63, 3.8) is 0 Å². The van der Waals surface area contributed by atoms with E-state index in [0.717, 1.165) is 12.1 Å². The van der Waals surface area contributed by atoms with Gasteiger partial charge in [-0.25, -0.2) is 4.98 Å². The van der Waals surface area contributed by atoms with E-state index in [1.807, 2.05) is 12.4 Å². The second kappa shape index (κ2) is 5.44. The van der Waals surface area contributed by atoms with Crippen molar-refractivity contribution in [2.45, 2.75) is 39.3 Å². The number of thiazole rings is 1. The third-order valence-corrected chi connectivity index (χ3v) is 3.49. The number of nitrogens with zero attached hydrogens (tertiary/aromatic N) is 1. The van der Waals surface area contributed by atoms with Gasteiger partial charge in [0.15, 0.2) is 0 Å². The van der Waals surface area contributed by atoms with Crippen LogP contribution < -0.4 is 5.32 Å². The lowest BCUT2D eigenvalue weighted by atomic mass is 10.2. The molecule has 0 aliphatic carbocycles. The molecule has 0 aliphatic heterocycles. The molecule has 0 fully saturated rings. The number of aliphatic hydroxyl groups is 1. The summed E-state index contributed by atoms with van der Waals surface area (Å²) in [4.78, 5) is 5.47. The third kappa shape index (κ3) is 2.77. The first kappa shape index (κ1) is 11.6. The fourth-order valence-electron chi connectivity index (χ4n) is 1.46. The van der Waals surface area contributed by atoms with E-state index >= 15 is 0 Å². The molecule has 1 rings (SSSR count). The molecule has 0 aromatic carbocycles. The third-order valence-electron chi connectivity index (χ3n) is 2.37. The second-order valence-electron chi connectivity index (χ2n) is 3.48. The molecular weight excluding hydrogens is 196 g/mol. The van der Waals surface area contributed by atoms with E-state index in [4.69, 9.17) is 5.11 Å². The van der Waals surface area contributed by atoms with Crippen molar-refractivity contribution in [3.05, 3.63) is 16.1 Å². The van der Waals surface area contributed by atoms with Crippen LogP contribution in [0.2, 0.25) is 0 Å². The number of hydrogen-bond donors (Lipinski definition) is 2. The van der Waals surface area contributed by atoms with Gasteiger partial charge in [-0.3, -0.25) is 0 Å². The van der Waals surface area contributed by atoms with Gasteiger partial charge in [0, 0.05) is 17.0 Å². The highest BCUT2D eigenvalue weighted by molar-refractivity contribution is 7.09. The van der Waals surface area contributed by atoms with Gasteiger partial charge in [0.05, 0.1) is 17.8 Å². The van der Waals surface area contributed by atoms with Crippen molar-refractivity contribution in [2.24, 2.45) is 0 Å². The van der Waals surface area contributed by atoms with Gasteiger partial charge in [0.1, 0.15) is 0 Å². The van der Waals surface area contributed by atoms with Crippen LogP contribution >= 0.6 is 11.3 Å². The molecule has 1 aromatic heterocycles. The first-order chi connectivity index (χ1) is 6.69. The Morgan fingerprint density at radius 2 is 2.36 bits per heavy atom. The number of nitrogens with one attached hydrogen (secondary N) is 1. The van der Waals surface area contributed by atoms with E-state index in [1.54, 1.807) is 11.3 Å². The molecule has 80 valence electrons. The summed E-state index contributed by atoms with van der Waals surface area (Å²) in [5, 5.41) is 12.4. The zero-order valence-electron chi connectivity index (χ0n) is 8.95. The topological polar surface area (TPSA) is 45.1 Å². The summed E-state index contributed by atoms with van der Waals surface area (Å²) < 4.78 is 0. The molecule has 0 bridgehead atoms. The summed E-state index contributed by atoms with van der Waals surface area (Å²) in [6.07, 6.45) is 0.943. The molecule has 1 heterocycles. The molecule has 1 aromatic rings. The molecule has 2 unspecified atom stereocenters. The van der Waals surface area contributed by atoms with E-state index in [2.05, 4.69) is 24.1 Å². The Bertz CT molecular complexity index is 271. The first-order valence-electron chi connectivity index (χ1n) is 4.95. The molecule has 0 aliphatic rings. The van der Waals surface area contributed by atoms with Crippen LogP contribution in [0.15, 0.2) is 5.51 Å². The van der Waals surface area contributed by atoms with Crippen LogP contribution in [0.5, 0.6) is 0 Å². The van der Waals surface area contributed by atoms with Crippen molar-refractivity contribution in [1.29, 1.82) is 0 Å². The van der Waals surface area contributed by atoms with E-state index in [0.29, 0.717) is 0 Å². The Morgan fingerprint density at radius 3 is 2.79 bits per heavy atom.